The lowest BCUT2D eigenvalue weighted by molar-refractivity contribution is 0.115. The van der Waals surface area contributed by atoms with Crippen LogP contribution in [0.1, 0.15) is 18.7 Å². The van der Waals surface area contributed by atoms with Crippen LogP contribution in [0.15, 0.2) is 24.3 Å². The second-order valence-electron chi connectivity index (χ2n) is 5.34. The highest BCUT2D eigenvalue weighted by molar-refractivity contribution is 7.09. The number of nitrogens with zero attached hydrogens (tertiary/aromatic N) is 3. The number of carbonyl (C=O) groups is 1. The van der Waals surface area contributed by atoms with Crippen LogP contribution in [0, 0.1) is 12.7 Å². The van der Waals surface area contributed by atoms with Crippen molar-refractivity contribution < 1.29 is 13.9 Å². The minimum Gasteiger partial charge on any atom is -0.490 e. The van der Waals surface area contributed by atoms with E-state index in [1.165, 1.54) is 23.7 Å². The SMILES string of the molecule is Cc1nsc(NC(=O)N2CCC(Oc3ccc(F)cc3)CC2)n1. The molecule has 23 heavy (non-hydrogen) atoms. The Hall–Kier alpha value is -2.22. The number of ether oxygens (including phenoxy) is 1. The summed E-state index contributed by atoms with van der Waals surface area (Å²) in [6, 6.07) is 5.82. The second kappa shape index (κ2) is 6.91. The fourth-order valence-corrected chi connectivity index (χ4v) is 2.97. The third-order valence-corrected chi connectivity index (χ3v) is 4.31. The van der Waals surface area contributed by atoms with Gasteiger partial charge in [-0.05, 0) is 31.2 Å². The molecule has 1 aromatic carbocycles. The van der Waals surface area contributed by atoms with E-state index in [0.29, 0.717) is 29.8 Å². The van der Waals surface area contributed by atoms with Gasteiger partial charge in [-0.1, -0.05) is 0 Å². The van der Waals surface area contributed by atoms with E-state index >= 15 is 0 Å². The first-order valence-electron chi connectivity index (χ1n) is 7.38. The van der Waals surface area contributed by atoms with Crippen molar-refractivity contribution in [3.05, 3.63) is 35.9 Å². The number of aromatic nitrogens is 2. The van der Waals surface area contributed by atoms with Crippen LogP contribution in [0.25, 0.3) is 0 Å². The largest absolute Gasteiger partial charge is 0.490 e. The van der Waals surface area contributed by atoms with Crippen molar-refractivity contribution in [3.63, 3.8) is 0 Å². The number of nitrogens with one attached hydrogen (secondary N) is 1. The van der Waals surface area contributed by atoms with Crippen molar-refractivity contribution in [1.82, 2.24) is 14.3 Å². The number of halogens is 1. The zero-order valence-corrected chi connectivity index (χ0v) is 13.5. The Morgan fingerprint density at radius 1 is 1.35 bits per heavy atom. The number of rotatable bonds is 3. The maximum absolute atomic E-state index is 12.9. The topological polar surface area (TPSA) is 67.4 Å². The first-order chi connectivity index (χ1) is 11.1. The number of aryl methyl sites for hydroxylation is 1. The second-order valence-corrected chi connectivity index (χ2v) is 6.09. The maximum atomic E-state index is 12.9. The Bertz CT molecular complexity index is 668. The lowest BCUT2D eigenvalue weighted by atomic mass is 10.1. The number of hydrogen-bond donors (Lipinski definition) is 1. The Labute approximate surface area is 137 Å². The Balaban J connectivity index is 1.48. The van der Waals surface area contributed by atoms with Gasteiger partial charge >= 0.3 is 6.03 Å². The van der Waals surface area contributed by atoms with E-state index in [1.54, 1.807) is 24.0 Å². The van der Waals surface area contributed by atoms with Gasteiger partial charge < -0.3 is 9.64 Å². The van der Waals surface area contributed by atoms with Gasteiger partial charge in [0.2, 0.25) is 5.13 Å². The van der Waals surface area contributed by atoms with E-state index < -0.39 is 0 Å². The smallest absolute Gasteiger partial charge is 0.323 e. The molecule has 0 bridgehead atoms. The molecule has 3 rings (SSSR count). The highest BCUT2D eigenvalue weighted by Crippen LogP contribution is 2.20. The zero-order valence-electron chi connectivity index (χ0n) is 12.7. The van der Waals surface area contributed by atoms with Crippen LogP contribution in [0.5, 0.6) is 5.75 Å². The predicted octanol–water partition coefficient (Wildman–Crippen LogP) is 3.06. The van der Waals surface area contributed by atoms with Crippen LogP contribution >= 0.6 is 11.5 Å². The van der Waals surface area contributed by atoms with E-state index in [1.807, 2.05) is 0 Å². The first-order valence-corrected chi connectivity index (χ1v) is 8.16. The quantitative estimate of drug-likeness (QED) is 0.935. The normalized spacial score (nSPS) is 15.5. The Kier molecular flexibility index (Phi) is 4.71. The van der Waals surface area contributed by atoms with Crippen molar-refractivity contribution >= 4 is 22.7 Å². The number of anilines is 1. The van der Waals surface area contributed by atoms with Crippen LogP contribution < -0.4 is 10.1 Å². The van der Waals surface area contributed by atoms with E-state index in [-0.39, 0.29) is 18.0 Å². The van der Waals surface area contributed by atoms with Gasteiger partial charge in [-0.25, -0.2) is 14.2 Å². The summed E-state index contributed by atoms with van der Waals surface area (Å²) in [4.78, 5) is 18.0. The average molecular weight is 336 g/mol. The van der Waals surface area contributed by atoms with Gasteiger partial charge in [0.1, 0.15) is 23.5 Å². The number of benzene rings is 1. The molecule has 8 heteroatoms. The molecule has 2 heterocycles. The molecule has 2 amide bonds. The van der Waals surface area contributed by atoms with E-state index in [0.717, 1.165) is 12.8 Å². The van der Waals surface area contributed by atoms with Gasteiger partial charge in [-0.2, -0.15) is 4.37 Å². The minimum absolute atomic E-state index is 0.0354. The highest BCUT2D eigenvalue weighted by atomic mass is 32.1. The van der Waals surface area contributed by atoms with Crippen molar-refractivity contribution in [2.45, 2.75) is 25.9 Å². The van der Waals surface area contributed by atoms with Crippen LogP contribution in [0.2, 0.25) is 0 Å². The predicted molar refractivity (Wildman–Crippen MR) is 85.3 cm³/mol. The van der Waals surface area contributed by atoms with Crippen molar-refractivity contribution in [2.24, 2.45) is 0 Å². The van der Waals surface area contributed by atoms with Crippen LogP contribution in [-0.4, -0.2) is 39.5 Å². The number of hydrogen-bond acceptors (Lipinski definition) is 5. The molecule has 1 aliphatic heterocycles. The molecule has 122 valence electrons. The summed E-state index contributed by atoms with van der Waals surface area (Å²) in [6.45, 7) is 3.00. The van der Waals surface area contributed by atoms with Crippen LogP contribution in [0.3, 0.4) is 0 Å². The standard InChI is InChI=1S/C15H17FN4O2S/c1-10-17-14(23-19-10)18-15(21)20-8-6-13(7-9-20)22-12-4-2-11(16)3-5-12/h2-5,13H,6-9H2,1H3,(H,17,18,19,21). The Morgan fingerprint density at radius 2 is 2.04 bits per heavy atom. The molecule has 0 atom stereocenters. The molecule has 6 nitrogen and oxygen atoms in total. The fraction of sp³-hybridized carbons (Fsp3) is 0.400. The van der Waals surface area contributed by atoms with Crippen molar-refractivity contribution in [1.29, 1.82) is 0 Å². The first kappa shape index (κ1) is 15.7. The van der Waals surface area contributed by atoms with Crippen molar-refractivity contribution in [3.8, 4) is 5.75 Å². The molecule has 1 N–H and O–H groups in total. The molecule has 0 spiro atoms. The van der Waals surface area contributed by atoms with Gasteiger partial charge in [-0.3, -0.25) is 5.32 Å². The summed E-state index contributed by atoms with van der Waals surface area (Å²) in [5, 5.41) is 3.26. The number of urea groups is 1. The zero-order chi connectivity index (χ0) is 16.2. The van der Waals surface area contributed by atoms with Gasteiger partial charge in [-0.15, -0.1) is 0 Å². The summed E-state index contributed by atoms with van der Waals surface area (Å²) in [6.07, 6.45) is 1.51. The summed E-state index contributed by atoms with van der Waals surface area (Å²) in [5.74, 6) is 1.02. The molecule has 0 unspecified atom stereocenters. The van der Waals surface area contributed by atoms with Gasteiger partial charge in [0.05, 0.1) is 0 Å². The van der Waals surface area contributed by atoms with Gasteiger partial charge in [0.25, 0.3) is 0 Å². The number of amides is 2. The molecule has 1 aliphatic rings. The lowest BCUT2D eigenvalue weighted by Crippen LogP contribution is -2.43. The molecular formula is C15H17FN4O2S. The third kappa shape index (κ3) is 4.16. The van der Waals surface area contributed by atoms with Gasteiger partial charge in [0, 0.05) is 37.5 Å². The summed E-state index contributed by atoms with van der Waals surface area (Å²) in [5.41, 5.74) is 0. The maximum Gasteiger partial charge on any atom is 0.323 e. The molecule has 1 saturated heterocycles. The monoisotopic (exact) mass is 336 g/mol. The van der Waals surface area contributed by atoms with E-state index in [9.17, 15) is 9.18 Å². The lowest BCUT2D eigenvalue weighted by Gasteiger charge is -2.31. The van der Waals surface area contributed by atoms with Crippen LogP contribution in [-0.2, 0) is 0 Å². The van der Waals surface area contributed by atoms with E-state index in [4.69, 9.17) is 4.74 Å². The van der Waals surface area contributed by atoms with Gasteiger partial charge in [0.15, 0.2) is 0 Å². The molecule has 1 aromatic heterocycles. The summed E-state index contributed by atoms with van der Waals surface area (Å²) < 4.78 is 22.7. The highest BCUT2D eigenvalue weighted by Gasteiger charge is 2.24. The third-order valence-electron chi connectivity index (χ3n) is 3.59. The molecule has 0 aliphatic carbocycles. The minimum atomic E-state index is -0.282. The van der Waals surface area contributed by atoms with Crippen LogP contribution in [0.4, 0.5) is 14.3 Å². The molecule has 0 radical (unpaired) electrons. The number of likely N-dealkylation sites (tertiary alicyclic amines) is 1. The van der Waals surface area contributed by atoms with Crippen molar-refractivity contribution in [2.75, 3.05) is 18.4 Å². The average Bonchev–Trinajstić information content (AvgIpc) is 2.95. The Morgan fingerprint density at radius 3 is 2.65 bits per heavy atom. The molecule has 2 aromatic rings. The summed E-state index contributed by atoms with van der Waals surface area (Å²) in [7, 11) is 0. The number of carbonyl (C=O) groups excluding carboxylic acids is 1. The molecule has 1 fully saturated rings. The molecular weight excluding hydrogens is 319 g/mol. The number of piperidine rings is 1. The molecule has 0 saturated carbocycles. The fourth-order valence-electron chi connectivity index (χ4n) is 2.40. The summed E-state index contributed by atoms with van der Waals surface area (Å²) >= 11 is 1.17. The van der Waals surface area contributed by atoms with E-state index in [2.05, 4.69) is 14.7 Å².